The molecule has 1 aliphatic heterocycles. The van der Waals surface area contributed by atoms with Crippen molar-refractivity contribution in [2.45, 2.75) is 18.6 Å². The van der Waals surface area contributed by atoms with Crippen LogP contribution in [-0.4, -0.2) is 23.3 Å². The molecule has 0 aromatic heterocycles. The van der Waals surface area contributed by atoms with E-state index in [0.29, 0.717) is 11.1 Å². The van der Waals surface area contributed by atoms with Crippen LogP contribution >= 0.6 is 0 Å². The van der Waals surface area contributed by atoms with E-state index in [1.54, 1.807) is 0 Å². The number of alkyl halides is 3. The van der Waals surface area contributed by atoms with Crippen LogP contribution in [0.4, 0.5) is 18.9 Å². The number of hydrogen-bond donors (Lipinski definition) is 2. The number of terminal acetylenes is 1. The van der Waals surface area contributed by atoms with Crippen LogP contribution in [0.15, 0.2) is 18.2 Å². The first kappa shape index (κ1) is 13.3. The first-order valence-electron chi connectivity index (χ1n) is 5.48. The summed E-state index contributed by atoms with van der Waals surface area (Å²) in [6.45, 7) is 0. The van der Waals surface area contributed by atoms with E-state index >= 15 is 0 Å². The molecule has 6 heteroatoms. The molecule has 1 heterocycles. The molecule has 2 rings (SSSR count). The van der Waals surface area contributed by atoms with Crippen LogP contribution < -0.4 is 5.32 Å². The SMILES string of the molecule is C#Cc1ccc2c(c1)CC(C(=O)O)C(C(F)(F)F)N2. The predicted molar refractivity (Wildman–Crippen MR) is 62.7 cm³/mol. The molecule has 0 aliphatic carbocycles. The fourth-order valence-electron chi connectivity index (χ4n) is 2.16. The molecule has 0 saturated carbocycles. The van der Waals surface area contributed by atoms with Crippen molar-refractivity contribution in [2.75, 3.05) is 5.32 Å². The lowest BCUT2D eigenvalue weighted by atomic mass is 9.86. The summed E-state index contributed by atoms with van der Waals surface area (Å²) in [4.78, 5) is 11.0. The molecule has 0 fully saturated rings. The lowest BCUT2D eigenvalue weighted by Gasteiger charge is -2.33. The number of carbonyl (C=O) groups is 1. The summed E-state index contributed by atoms with van der Waals surface area (Å²) in [5.74, 6) is -0.670. The Morgan fingerprint density at radius 3 is 2.68 bits per heavy atom. The molecular weight excluding hydrogens is 259 g/mol. The third kappa shape index (κ3) is 2.50. The molecule has 0 radical (unpaired) electrons. The van der Waals surface area contributed by atoms with Gasteiger partial charge in [-0.3, -0.25) is 4.79 Å². The molecular formula is C13H10F3NO2. The molecule has 1 aromatic rings. The van der Waals surface area contributed by atoms with E-state index < -0.39 is 24.1 Å². The first-order chi connectivity index (χ1) is 8.82. The van der Waals surface area contributed by atoms with Crippen LogP contribution in [0.2, 0.25) is 0 Å². The maximum atomic E-state index is 12.8. The van der Waals surface area contributed by atoms with Crippen LogP contribution in [0.5, 0.6) is 0 Å². The molecule has 0 bridgehead atoms. The smallest absolute Gasteiger partial charge is 0.409 e. The number of benzene rings is 1. The van der Waals surface area contributed by atoms with Gasteiger partial charge in [-0.15, -0.1) is 6.42 Å². The number of halogens is 3. The molecule has 1 aromatic carbocycles. The normalized spacial score (nSPS) is 22.0. The van der Waals surface area contributed by atoms with E-state index in [0.717, 1.165) is 0 Å². The Morgan fingerprint density at radius 1 is 1.47 bits per heavy atom. The van der Waals surface area contributed by atoms with Crippen LogP contribution in [0, 0.1) is 18.3 Å². The second-order valence-electron chi connectivity index (χ2n) is 4.33. The van der Waals surface area contributed by atoms with E-state index in [4.69, 9.17) is 11.5 Å². The van der Waals surface area contributed by atoms with Crippen molar-refractivity contribution in [2.24, 2.45) is 5.92 Å². The first-order valence-corrected chi connectivity index (χ1v) is 5.48. The van der Waals surface area contributed by atoms with Crippen molar-refractivity contribution in [1.29, 1.82) is 0 Å². The Kier molecular flexibility index (Phi) is 3.14. The molecule has 100 valence electrons. The summed E-state index contributed by atoms with van der Waals surface area (Å²) in [5.41, 5.74) is 1.28. The average Bonchev–Trinajstić information content (AvgIpc) is 2.35. The zero-order chi connectivity index (χ0) is 14.2. The van der Waals surface area contributed by atoms with Crippen molar-refractivity contribution in [3.05, 3.63) is 29.3 Å². The van der Waals surface area contributed by atoms with Crippen LogP contribution in [0.1, 0.15) is 11.1 Å². The molecule has 0 spiro atoms. The Bertz CT molecular complexity index is 560. The molecule has 0 saturated heterocycles. The van der Waals surface area contributed by atoms with Crippen LogP contribution in [0.3, 0.4) is 0 Å². The highest BCUT2D eigenvalue weighted by Gasteiger charge is 2.49. The molecule has 3 nitrogen and oxygen atoms in total. The monoisotopic (exact) mass is 269 g/mol. The van der Waals surface area contributed by atoms with E-state index in [1.807, 2.05) is 0 Å². The van der Waals surface area contributed by atoms with E-state index in [-0.39, 0.29) is 12.1 Å². The van der Waals surface area contributed by atoms with Gasteiger partial charge in [0.2, 0.25) is 0 Å². The van der Waals surface area contributed by atoms with Crippen molar-refractivity contribution in [3.8, 4) is 12.3 Å². The van der Waals surface area contributed by atoms with Gasteiger partial charge in [0.25, 0.3) is 0 Å². The summed E-state index contributed by atoms with van der Waals surface area (Å²) in [6, 6.07) is 2.40. The highest BCUT2D eigenvalue weighted by Crippen LogP contribution is 2.37. The summed E-state index contributed by atoms with van der Waals surface area (Å²) in [5, 5.41) is 11.2. The number of rotatable bonds is 1. The van der Waals surface area contributed by atoms with E-state index in [2.05, 4.69) is 11.2 Å². The molecule has 2 unspecified atom stereocenters. The Balaban J connectivity index is 2.42. The zero-order valence-corrected chi connectivity index (χ0v) is 9.66. The average molecular weight is 269 g/mol. The van der Waals surface area contributed by atoms with Crippen molar-refractivity contribution in [3.63, 3.8) is 0 Å². The minimum atomic E-state index is -4.62. The van der Waals surface area contributed by atoms with Gasteiger partial charge < -0.3 is 10.4 Å². The minimum absolute atomic E-state index is 0.197. The number of carboxylic acids is 1. The third-order valence-electron chi connectivity index (χ3n) is 3.09. The second kappa shape index (κ2) is 4.50. The lowest BCUT2D eigenvalue weighted by Crippen LogP contribution is -2.49. The summed E-state index contributed by atoms with van der Waals surface area (Å²) in [7, 11) is 0. The Morgan fingerprint density at radius 2 is 2.16 bits per heavy atom. The number of carboxylic acid groups (broad SMARTS) is 1. The predicted octanol–water partition coefficient (Wildman–Crippen LogP) is 2.27. The third-order valence-corrected chi connectivity index (χ3v) is 3.09. The standard InChI is InChI=1S/C13H10F3NO2/c1-2-7-3-4-10-8(5-7)6-9(12(18)19)11(17-10)13(14,15)16/h1,3-5,9,11,17H,6H2,(H,18,19). The minimum Gasteiger partial charge on any atom is -0.481 e. The highest BCUT2D eigenvalue weighted by atomic mass is 19.4. The van der Waals surface area contributed by atoms with Gasteiger partial charge in [0.1, 0.15) is 6.04 Å². The number of anilines is 1. The molecule has 2 N–H and O–H groups in total. The van der Waals surface area contributed by atoms with Crippen molar-refractivity contribution >= 4 is 11.7 Å². The largest absolute Gasteiger partial charge is 0.481 e. The summed E-state index contributed by atoms with van der Waals surface area (Å²) >= 11 is 0. The lowest BCUT2D eigenvalue weighted by molar-refractivity contribution is -0.169. The number of aliphatic carboxylic acids is 1. The van der Waals surface area contributed by atoms with Gasteiger partial charge in [-0.05, 0) is 30.2 Å². The maximum Gasteiger partial charge on any atom is 0.409 e. The van der Waals surface area contributed by atoms with Gasteiger partial charge in [0.05, 0.1) is 5.92 Å². The second-order valence-corrected chi connectivity index (χ2v) is 4.33. The van der Waals surface area contributed by atoms with Crippen molar-refractivity contribution < 1.29 is 23.1 Å². The topological polar surface area (TPSA) is 49.3 Å². The Hall–Kier alpha value is -2.16. The molecule has 0 amide bonds. The molecule has 1 aliphatic rings. The van der Waals surface area contributed by atoms with Crippen LogP contribution in [-0.2, 0) is 11.2 Å². The van der Waals surface area contributed by atoms with Gasteiger partial charge in [0, 0.05) is 11.3 Å². The van der Waals surface area contributed by atoms with E-state index in [1.165, 1.54) is 18.2 Å². The quantitative estimate of drug-likeness (QED) is 0.769. The Labute approximate surface area is 107 Å². The number of fused-ring (bicyclic) bond motifs is 1. The van der Waals surface area contributed by atoms with Crippen molar-refractivity contribution in [1.82, 2.24) is 0 Å². The number of hydrogen-bond acceptors (Lipinski definition) is 2. The fraction of sp³-hybridized carbons (Fsp3) is 0.308. The van der Waals surface area contributed by atoms with Gasteiger partial charge in [0.15, 0.2) is 0 Å². The zero-order valence-electron chi connectivity index (χ0n) is 9.66. The van der Waals surface area contributed by atoms with E-state index in [9.17, 15) is 18.0 Å². The van der Waals surface area contributed by atoms with Gasteiger partial charge in [-0.25, -0.2) is 0 Å². The van der Waals surface area contributed by atoms with Gasteiger partial charge in [-0.2, -0.15) is 13.2 Å². The molecule has 2 atom stereocenters. The number of nitrogens with one attached hydrogen (secondary N) is 1. The highest BCUT2D eigenvalue weighted by molar-refractivity contribution is 5.75. The summed E-state index contributed by atoms with van der Waals surface area (Å²) in [6.07, 6.45) is 0.391. The molecule has 19 heavy (non-hydrogen) atoms. The maximum absolute atomic E-state index is 12.8. The van der Waals surface area contributed by atoms with Crippen LogP contribution in [0.25, 0.3) is 0 Å². The van der Waals surface area contributed by atoms with Gasteiger partial charge >= 0.3 is 12.1 Å². The fourth-order valence-corrected chi connectivity index (χ4v) is 2.16. The summed E-state index contributed by atoms with van der Waals surface area (Å²) < 4.78 is 38.5. The van der Waals surface area contributed by atoms with Gasteiger partial charge in [-0.1, -0.05) is 5.92 Å².